The highest BCUT2D eigenvalue weighted by Gasteiger charge is 2.41. The van der Waals surface area contributed by atoms with Gasteiger partial charge in [0, 0.05) is 6.61 Å². The van der Waals surface area contributed by atoms with Crippen molar-refractivity contribution in [2.45, 2.75) is 63.6 Å². The van der Waals surface area contributed by atoms with Gasteiger partial charge in [-0.05, 0) is 56.1 Å². The van der Waals surface area contributed by atoms with Gasteiger partial charge < -0.3 is 9.84 Å². The van der Waals surface area contributed by atoms with Crippen LogP contribution in [-0.2, 0) is 11.2 Å². The second-order valence-electron chi connectivity index (χ2n) is 6.69. The SMILES string of the molecule is Cc1ccccc1CC(O)C1CCOC2(CCCC2)C1. The first-order chi connectivity index (χ1) is 9.69. The molecule has 2 fully saturated rings. The molecule has 1 saturated carbocycles. The van der Waals surface area contributed by atoms with E-state index in [1.54, 1.807) is 0 Å². The van der Waals surface area contributed by atoms with Gasteiger partial charge in [-0.3, -0.25) is 0 Å². The molecule has 2 atom stereocenters. The molecule has 1 aromatic carbocycles. The van der Waals surface area contributed by atoms with Crippen molar-refractivity contribution in [3.05, 3.63) is 35.4 Å². The quantitative estimate of drug-likeness (QED) is 0.912. The molecule has 3 rings (SSSR count). The molecule has 1 aromatic rings. The summed E-state index contributed by atoms with van der Waals surface area (Å²) in [6.45, 7) is 2.96. The average molecular weight is 274 g/mol. The van der Waals surface area contributed by atoms with E-state index in [0.29, 0.717) is 5.92 Å². The molecule has 1 heterocycles. The highest BCUT2D eigenvalue weighted by Crippen LogP contribution is 2.43. The predicted octanol–water partition coefficient (Wildman–Crippen LogP) is 3.64. The fraction of sp³-hybridized carbons (Fsp3) is 0.667. The van der Waals surface area contributed by atoms with Crippen LogP contribution in [0.5, 0.6) is 0 Å². The molecule has 2 unspecified atom stereocenters. The standard InChI is InChI=1S/C18H26O2/c1-14-6-2-3-7-15(14)12-17(19)16-8-11-20-18(13-16)9-4-5-10-18/h2-3,6-7,16-17,19H,4-5,8-13H2,1H3. The van der Waals surface area contributed by atoms with Gasteiger partial charge in [0.15, 0.2) is 0 Å². The summed E-state index contributed by atoms with van der Waals surface area (Å²) in [7, 11) is 0. The summed E-state index contributed by atoms with van der Waals surface area (Å²) in [4.78, 5) is 0. The summed E-state index contributed by atoms with van der Waals surface area (Å²) >= 11 is 0. The minimum Gasteiger partial charge on any atom is -0.392 e. The second kappa shape index (κ2) is 5.87. The summed E-state index contributed by atoms with van der Waals surface area (Å²) in [5, 5.41) is 10.6. The van der Waals surface area contributed by atoms with Crippen molar-refractivity contribution in [1.82, 2.24) is 0 Å². The van der Waals surface area contributed by atoms with E-state index in [2.05, 4.69) is 31.2 Å². The molecule has 1 spiro atoms. The van der Waals surface area contributed by atoms with Crippen molar-refractivity contribution in [2.24, 2.45) is 5.92 Å². The Morgan fingerprint density at radius 2 is 2.05 bits per heavy atom. The predicted molar refractivity (Wildman–Crippen MR) is 80.8 cm³/mol. The van der Waals surface area contributed by atoms with Crippen molar-refractivity contribution in [3.63, 3.8) is 0 Å². The summed E-state index contributed by atoms with van der Waals surface area (Å²) in [5.41, 5.74) is 2.68. The Morgan fingerprint density at radius 1 is 1.30 bits per heavy atom. The smallest absolute Gasteiger partial charge is 0.0686 e. The van der Waals surface area contributed by atoms with Crippen LogP contribution in [0.4, 0.5) is 0 Å². The number of aliphatic hydroxyl groups excluding tert-OH is 1. The van der Waals surface area contributed by atoms with Crippen LogP contribution >= 0.6 is 0 Å². The number of aryl methyl sites for hydroxylation is 1. The van der Waals surface area contributed by atoms with E-state index in [0.717, 1.165) is 25.9 Å². The Bertz CT molecular complexity index is 448. The fourth-order valence-electron chi connectivity index (χ4n) is 3.99. The molecular formula is C18H26O2. The first-order valence-corrected chi connectivity index (χ1v) is 8.05. The number of hydrogen-bond acceptors (Lipinski definition) is 2. The second-order valence-corrected chi connectivity index (χ2v) is 6.69. The Labute approximate surface area is 122 Å². The first-order valence-electron chi connectivity index (χ1n) is 8.05. The zero-order valence-corrected chi connectivity index (χ0v) is 12.5. The number of ether oxygens (including phenoxy) is 1. The molecule has 20 heavy (non-hydrogen) atoms. The molecule has 0 aromatic heterocycles. The highest BCUT2D eigenvalue weighted by atomic mass is 16.5. The van der Waals surface area contributed by atoms with E-state index in [-0.39, 0.29) is 11.7 Å². The van der Waals surface area contributed by atoms with Crippen LogP contribution in [0.25, 0.3) is 0 Å². The molecule has 1 N–H and O–H groups in total. The molecule has 0 radical (unpaired) electrons. The van der Waals surface area contributed by atoms with Crippen LogP contribution < -0.4 is 0 Å². The topological polar surface area (TPSA) is 29.5 Å². The largest absolute Gasteiger partial charge is 0.392 e. The van der Waals surface area contributed by atoms with Crippen LogP contribution in [0.2, 0.25) is 0 Å². The third kappa shape index (κ3) is 2.91. The van der Waals surface area contributed by atoms with Gasteiger partial charge in [0.1, 0.15) is 0 Å². The Morgan fingerprint density at radius 3 is 2.80 bits per heavy atom. The first kappa shape index (κ1) is 14.1. The lowest BCUT2D eigenvalue weighted by Gasteiger charge is -2.40. The summed E-state index contributed by atoms with van der Waals surface area (Å²) < 4.78 is 6.07. The van der Waals surface area contributed by atoms with E-state index in [9.17, 15) is 5.11 Å². The molecule has 0 bridgehead atoms. The van der Waals surface area contributed by atoms with Crippen LogP contribution in [-0.4, -0.2) is 23.4 Å². The molecule has 2 nitrogen and oxygen atoms in total. The number of benzene rings is 1. The average Bonchev–Trinajstić information content (AvgIpc) is 2.89. The minimum absolute atomic E-state index is 0.107. The summed E-state index contributed by atoms with van der Waals surface area (Å²) in [5.74, 6) is 0.404. The Balaban J connectivity index is 1.65. The van der Waals surface area contributed by atoms with E-state index in [4.69, 9.17) is 4.74 Å². The number of hydrogen-bond donors (Lipinski definition) is 1. The third-order valence-electron chi connectivity index (χ3n) is 5.28. The van der Waals surface area contributed by atoms with Crippen LogP contribution in [0.3, 0.4) is 0 Å². The van der Waals surface area contributed by atoms with Gasteiger partial charge in [-0.15, -0.1) is 0 Å². The molecule has 110 valence electrons. The van der Waals surface area contributed by atoms with E-state index in [1.807, 2.05) is 0 Å². The molecule has 1 aliphatic heterocycles. The molecular weight excluding hydrogens is 248 g/mol. The lowest BCUT2D eigenvalue weighted by Crippen LogP contribution is -2.41. The van der Waals surface area contributed by atoms with Crippen molar-refractivity contribution < 1.29 is 9.84 Å². The van der Waals surface area contributed by atoms with Crippen molar-refractivity contribution >= 4 is 0 Å². The summed E-state index contributed by atoms with van der Waals surface area (Å²) in [6.07, 6.45) is 7.60. The van der Waals surface area contributed by atoms with Gasteiger partial charge in [0.2, 0.25) is 0 Å². The maximum absolute atomic E-state index is 10.6. The Hall–Kier alpha value is -0.860. The lowest BCUT2D eigenvalue weighted by atomic mass is 9.80. The van der Waals surface area contributed by atoms with Gasteiger partial charge in [0.25, 0.3) is 0 Å². The number of rotatable bonds is 3. The minimum atomic E-state index is -0.225. The monoisotopic (exact) mass is 274 g/mol. The molecule has 2 heteroatoms. The third-order valence-corrected chi connectivity index (χ3v) is 5.28. The maximum atomic E-state index is 10.6. The van der Waals surface area contributed by atoms with Gasteiger partial charge in [0.05, 0.1) is 11.7 Å². The van der Waals surface area contributed by atoms with Crippen molar-refractivity contribution in [3.8, 4) is 0 Å². The Kier molecular flexibility index (Phi) is 4.13. The number of aliphatic hydroxyl groups is 1. The van der Waals surface area contributed by atoms with E-state index in [1.165, 1.54) is 36.8 Å². The van der Waals surface area contributed by atoms with Crippen LogP contribution in [0.1, 0.15) is 49.7 Å². The van der Waals surface area contributed by atoms with Gasteiger partial charge in [-0.25, -0.2) is 0 Å². The molecule has 0 amide bonds. The van der Waals surface area contributed by atoms with Gasteiger partial charge in [-0.1, -0.05) is 37.1 Å². The lowest BCUT2D eigenvalue weighted by molar-refractivity contribution is -0.112. The van der Waals surface area contributed by atoms with E-state index >= 15 is 0 Å². The van der Waals surface area contributed by atoms with E-state index < -0.39 is 0 Å². The molecule has 1 saturated heterocycles. The van der Waals surface area contributed by atoms with Crippen molar-refractivity contribution in [1.29, 1.82) is 0 Å². The zero-order chi connectivity index (χ0) is 14.0. The molecule has 1 aliphatic carbocycles. The maximum Gasteiger partial charge on any atom is 0.0686 e. The van der Waals surface area contributed by atoms with Crippen molar-refractivity contribution in [2.75, 3.05) is 6.61 Å². The summed E-state index contributed by atoms with van der Waals surface area (Å²) in [6, 6.07) is 8.40. The highest BCUT2D eigenvalue weighted by molar-refractivity contribution is 5.26. The normalized spacial score (nSPS) is 26.8. The zero-order valence-electron chi connectivity index (χ0n) is 12.5. The fourth-order valence-corrected chi connectivity index (χ4v) is 3.99. The van der Waals surface area contributed by atoms with Gasteiger partial charge in [-0.2, -0.15) is 0 Å². The van der Waals surface area contributed by atoms with Gasteiger partial charge >= 0.3 is 0 Å². The van der Waals surface area contributed by atoms with Crippen LogP contribution in [0.15, 0.2) is 24.3 Å². The van der Waals surface area contributed by atoms with Crippen LogP contribution in [0, 0.1) is 12.8 Å². The molecule has 2 aliphatic rings.